The van der Waals surface area contributed by atoms with Crippen LogP contribution in [0.1, 0.15) is 59.3 Å². The van der Waals surface area contributed by atoms with Crippen molar-refractivity contribution in [1.82, 2.24) is 0 Å². The van der Waals surface area contributed by atoms with E-state index < -0.39 is 5.54 Å². The van der Waals surface area contributed by atoms with Gasteiger partial charge in [0.25, 0.3) is 0 Å². The quantitative estimate of drug-likeness (QED) is 0.500. The topological polar surface area (TPSA) is 52.3 Å². The second-order valence-corrected chi connectivity index (χ2v) is 4.81. The number of rotatable bonds is 8. The largest absolute Gasteiger partial charge is 0.464 e. The van der Waals surface area contributed by atoms with Crippen LogP contribution >= 0.6 is 0 Å². The Hall–Kier alpha value is -0.570. The van der Waals surface area contributed by atoms with E-state index in [2.05, 4.69) is 6.92 Å². The van der Waals surface area contributed by atoms with E-state index >= 15 is 0 Å². The first-order valence-electron chi connectivity index (χ1n) is 5.90. The predicted molar refractivity (Wildman–Crippen MR) is 62.6 cm³/mol. The Kier molecular flexibility index (Phi) is 7.39. The Balaban J connectivity index is 3.34. The average Bonchev–Trinajstić information content (AvgIpc) is 2.13. The van der Waals surface area contributed by atoms with Crippen LogP contribution in [0.5, 0.6) is 0 Å². The molecule has 0 aromatic heterocycles. The van der Waals surface area contributed by atoms with Gasteiger partial charge < -0.3 is 10.5 Å². The van der Waals surface area contributed by atoms with Crippen LogP contribution in [0, 0.1) is 0 Å². The summed E-state index contributed by atoms with van der Waals surface area (Å²) in [5.74, 6) is -0.120. The summed E-state index contributed by atoms with van der Waals surface area (Å²) in [4.78, 5) is 11.2. The van der Waals surface area contributed by atoms with Gasteiger partial charge >= 0.3 is 5.97 Å². The maximum atomic E-state index is 11.2. The Labute approximate surface area is 93.4 Å². The molecule has 0 saturated heterocycles. The van der Waals surface area contributed by atoms with Gasteiger partial charge in [0.15, 0.2) is 0 Å². The lowest BCUT2D eigenvalue weighted by Crippen LogP contribution is -2.38. The highest BCUT2D eigenvalue weighted by Gasteiger charge is 2.13. The molecular formula is C12H25NO2. The van der Waals surface area contributed by atoms with Gasteiger partial charge in [-0.1, -0.05) is 32.6 Å². The number of hydrogen-bond acceptors (Lipinski definition) is 3. The van der Waals surface area contributed by atoms with E-state index in [0.717, 1.165) is 12.8 Å². The number of unbranched alkanes of at least 4 members (excludes halogenated alkanes) is 4. The predicted octanol–water partition coefficient (Wildman–Crippen LogP) is 2.63. The molecule has 15 heavy (non-hydrogen) atoms. The van der Waals surface area contributed by atoms with Crippen molar-refractivity contribution in [3.05, 3.63) is 0 Å². The SMILES string of the molecule is CCCCCCCC(=O)OCC(C)(C)N. The minimum Gasteiger partial charge on any atom is -0.464 e. The van der Waals surface area contributed by atoms with Crippen molar-refractivity contribution in [3.8, 4) is 0 Å². The Bertz CT molecular complexity index is 173. The summed E-state index contributed by atoms with van der Waals surface area (Å²) < 4.78 is 5.05. The molecule has 2 N–H and O–H groups in total. The lowest BCUT2D eigenvalue weighted by atomic mass is 10.1. The maximum Gasteiger partial charge on any atom is 0.305 e. The van der Waals surface area contributed by atoms with Crippen molar-refractivity contribution in [1.29, 1.82) is 0 Å². The molecular weight excluding hydrogens is 190 g/mol. The molecule has 0 heterocycles. The van der Waals surface area contributed by atoms with Gasteiger partial charge in [0, 0.05) is 12.0 Å². The van der Waals surface area contributed by atoms with Crippen molar-refractivity contribution in [3.63, 3.8) is 0 Å². The van der Waals surface area contributed by atoms with Crippen LogP contribution in [0.2, 0.25) is 0 Å². The molecule has 0 bridgehead atoms. The number of nitrogens with two attached hydrogens (primary N) is 1. The standard InChI is InChI=1S/C12H25NO2/c1-4-5-6-7-8-9-11(14)15-10-12(2,3)13/h4-10,13H2,1-3H3. The molecule has 90 valence electrons. The monoisotopic (exact) mass is 215 g/mol. The summed E-state index contributed by atoms with van der Waals surface area (Å²) in [6.07, 6.45) is 6.28. The van der Waals surface area contributed by atoms with Gasteiger partial charge in [-0.05, 0) is 20.3 Å². The highest BCUT2D eigenvalue weighted by atomic mass is 16.5. The zero-order chi connectivity index (χ0) is 11.7. The van der Waals surface area contributed by atoms with Gasteiger partial charge in [0.05, 0.1) is 0 Å². The molecule has 3 nitrogen and oxygen atoms in total. The molecule has 0 aliphatic carbocycles. The summed E-state index contributed by atoms with van der Waals surface area (Å²) in [5.41, 5.74) is 5.28. The minimum absolute atomic E-state index is 0.120. The summed E-state index contributed by atoms with van der Waals surface area (Å²) in [6, 6.07) is 0. The number of carbonyl (C=O) groups excluding carboxylic acids is 1. The fourth-order valence-electron chi connectivity index (χ4n) is 1.21. The van der Waals surface area contributed by atoms with Crippen molar-refractivity contribution in [2.24, 2.45) is 5.73 Å². The second-order valence-electron chi connectivity index (χ2n) is 4.81. The summed E-state index contributed by atoms with van der Waals surface area (Å²) in [5, 5.41) is 0. The first-order valence-corrected chi connectivity index (χ1v) is 5.90. The normalized spacial score (nSPS) is 11.5. The molecule has 0 aliphatic heterocycles. The number of hydrogen-bond donors (Lipinski definition) is 1. The van der Waals surface area contributed by atoms with Crippen LogP contribution in [-0.4, -0.2) is 18.1 Å². The molecule has 0 saturated carbocycles. The summed E-state index contributed by atoms with van der Waals surface area (Å²) >= 11 is 0. The highest BCUT2D eigenvalue weighted by Crippen LogP contribution is 2.06. The molecule has 0 aromatic carbocycles. The van der Waals surface area contributed by atoms with Crippen molar-refractivity contribution < 1.29 is 9.53 Å². The van der Waals surface area contributed by atoms with E-state index in [9.17, 15) is 4.79 Å². The van der Waals surface area contributed by atoms with E-state index in [0.29, 0.717) is 13.0 Å². The Morgan fingerprint density at radius 2 is 1.80 bits per heavy atom. The highest BCUT2D eigenvalue weighted by molar-refractivity contribution is 5.69. The summed E-state index contributed by atoms with van der Waals surface area (Å²) in [7, 11) is 0. The maximum absolute atomic E-state index is 11.2. The first-order chi connectivity index (χ1) is 6.95. The fraction of sp³-hybridized carbons (Fsp3) is 0.917. The number of esters is 1. The lowest BCUT2D eigenvalue weighted by molar-refractivity contribution is -0.145. The van der Waals surface area contributed by atoms with E-state index in [-0.39, 0.29) is 5.97 Å². The molecule has 0 unspecified atom stereocenters. The van der Waals surface area contributed by atoms with Crippen LogP contribution < -0.4 is 5.73 Å². The molecule has 0 aromatic rings. The van der Waals surface area contributed by atoms with Gasteiger partial charge in [-0.25, -0.2) is 0 Å². The molecule has 3 heteroatoms. The second kappa shape index (κ2) is 7.69. The van der Waals surface area contributed by atoms with Crippen molar-refractivity contribution in [2.75, 3.05) is 6.61 Å². The smallest absolute Gasteiger partial charge is 0.305 e. The Morgan fingerprint density at radius 3 is 2.33 bits per heavy atom. The molecule has 0 spiro atoms. The Morgan fingerprint density at radius 1 is 1.20 bits per heavy atom. The minimum atomic E-state index is -0.419. The molecule has 0 rings (SSSR count). The van der Waals surface area contributed by atoms with Crippen LogP contribution in [-0.2, 0) is 9.53 Å². The van der Waals surface area contributed by atoms with Gasteiger partial charge in [0.1, 0.15) is 6.61 Å². The zero-order valence-electron chi connectivity index (χ0n) is 10.3. The fourth-order valence-corrected chi connectivity index (χ4v) is 1.21. The number of carbonyl (C=O) groups is 1. The molecule has 0 fully saturated rings. The number of ether oxygens (including phenoxy) is 1. The van der Waals surface area contributed by atoms with Gasteiger partial charge in [-0.3, -0.25) is 4.79 Å². The van der Waals surface area contributed by atoms with E-state index in [1.807, 2.05) is 13.8 Å². The summed E-state index contributed by atoms with van der Waals surface area (Å²) in [6.45, 7) is 6.18. The first kappa shape index (κ1) is 14.4. The third-order valence-electron chi connectivity index (χ3n) is 2.09. The molecule has 0 radical (unpaired) electrons. The van der Waals surface area contributed by atoms with Crippen molar-refractivity contribution >= 4 is 5.97 Å². The van der Waals surface area contributed by atoms with Crippen LogP contribution in [0.3, 0.4) is 0 Å². The third kappa shape index (κ3) is 11.4. The third-order valence-corrected chi connectivity index (χ3v) is 2.09. The van der Waals surface area contributed by atoms with Gasteiger partial charge in [-0.2, -0.15) is 0 Å². The van der Waals surface area contributed by atoms with E-state index in [1.54, 1.807) is 0 Å². The van der Waals surface area contributed by atoms with Crippen LogP contribution in [0.25, 0.3) is 0 Å². The van der Waals surface area contributed by atoms with Gasteiger partial charge in [-0.15, -0.1) is 0 Å². The molecule has 0 atom stereocenters. The molecule has 0 aliphatic rings. The van der Waals surface area contributed by atoms with Gasteiger partial charge in [0.2, 0.25) is 0 Å². The molecule has 0 amide bonds. The van der Waals surface area contributed by atoms with Crippen molar-refractivity contribution in [2.45, 2.75) is 64.8 Å². The van der Waals surface area contributed by atoms with Crippen LogP contribution in [0.15, 0.2) is 0 Å². The van der Waals surface area contributed by atoms with Crippen LogP contribution in [0.4, 0.5) is 0 Å². The average molecular weight is 215 g/mol. The van der Waals surface area contributed by atoms with E-state index in [4.69, 9.17) is 10.5 Å². The zero-order valence-corrected chi connectivity index (χ0v) is 10.3. The van der Waals surface area contributed by atoms with E-state index in [1.165, 1.54) is 19.3 Å². The lowest BCUT2D eigenvalue weighted by Gasteiger charge is -2.17.